The average Bonchev–Trinajstić information content (AvgIpc) is 2.39. The van der Waals surface area contributed by atoms with Gasteiger partial charge in [0.1, 0.15) is 5.75 Å². The highest BCUT2D eigenvalue weighted by Crippen LogP contribution is 2.27. The number of benzene rings is 1. The number of ketones is 1. The fourth-order valence-corrected chi connectivity index (χ4v) is 1.60. The van der Waals surface area contributed by atoms with E-state index in [4.69, 9.17) is 21.1 Å². The second kappa shape index (κ2) is 6.95. The first-order chi connectivity index (χ1) is 8.99. The predicted molar refractivity (Wildman–Crippen MR) is 72.8 cm³/mol. The highest BCUT2D eigenvalue weighted by Gasteiger charge is 2.12. The molecule has 102 valence electrons. The molecule has 0 amide bonds. The highest BCUT2D eigenvalue weighted by atomic mass is 35.5. The second-order valence-corrected chi connectivity index (χ2v) is 4.16. The summed E-state index contributed by atoms with van der Waals surface area (Å²) in [6, 6.07) is 3.20. The molecule has 0 unspecified atom stereocenters. The Morgan fingerprint density at radius 2 is 2.00 bits per heavy atom. The highest BCUT2D eigenvalue weighted by molar-refractivity contribution is 6.32. The molecule has 19 heavy (non-hydrogen) atoms. The zero-order valence-corrected chi connectivity index (χ0v) is 11.8. The molecule has 0 heterocycles. The Bertz CT molecular complexity index is 520. The summed E-state index contributed by atoms with van der Waals surface area (Å²) in [4.78, 5) is 23.1. The summed E-state index contributed by atoms with van der Waals surface area (Å²) >= 11 is 5.98. The largest absolute Gasteiger partial charge is 0.496 e. The van der Waals surface area contributed by atoms with Gasteiger partial charge in [-0.05, 0) is 37.6 Å². The minimum absolute atomic E-state index is 0.261. The summed E-state index contributed by atoms with van der Waals surface area (Å²) in [5, 5.41) is 0.466. The zero-order valence-electron chi connectivity index (χ0n) is 11.0. The van der Waals surface area contributed by atoms with Gasteiger partial charge in [0.2, 0.25) is 0 Å². The normalized spacial score (nSPS) is 10.5. The molecule has 0 radical (unpaired) electrons. The Balaban J connectivity index is 2.99. The van der Waals surface area contributed by atoms with Crippen molar-refractivity contribution in [2.24, 2.45) is 0 Å². The number of aryl methyl sites for hydroxylation is 1. The van der Waals surface area contributed by atoms with Crippen molar-refractivity contribution in [3.8, 4) is 5.75 Å². The number of esters is 1. The lowest BCUT2D eigenvalue weighted by Crippen LogP contribution is -2.03. The fourth-order valence-electron chi connectivity index (χ4n) is 1.44. The van der Waals surface area contributed by atoms with Crippen LogP contribution in [0.4, 0.5) is 0 Å². The number of halogens is 1. The van der Waals surface area contributed by atoms with Gasteiger partial charge in [0.15, 0.2) is 5.78 Å². The standard InChI is InChI=1S/C14H15ClO4/c1-4-19-14(17)6-5-12(16)10-8-11(15)9(2)7-13(10)18-3/h5-8H,4H2,1-3H3/b6-5+. The van der Waals surface area contributed by atoms with Gasteiger partial charge in [-0.3, -0.25) is 4.79 Å². The van der Waals surface area contributed by atoms with Crippen molar-refractivity contribution < 1.29 is 19.1 Å². The molecule has 0 saturated carbocycles. The Labute approximate surface area is 117 Å². The van der Waals surface area contributed by atoms with Crippen LogP contribution in [-0.4, -0.2) is 25.5 Å². The monoisotopic (exact) mass is 282 g/mol. The van der Waals surface area contributed by atoms with Crippen LogP contribution >= 0.6 is 11.6 Å². The first-order valence-electron chi connectivity index (χ1n) is 5.72. The van der Waals surface area contributed by atoms with Crippen molar-refractivity contribution in [1.82, 2.24) is 0 Å². The van der Waals surface area contributed by atoms with E-state index in [1.807, 2.05) is 6.92 Å². The molecule has 0 atom stereocenters. The number of carbonyl (C=O) groups excluding carboxylic acids is 2. The van der Waals surface area contributed by atoms with Crippen LogP contribution in [-0.2, 0) is 9.53 Å². The summed E-state index contributed by atoms with van der Waals surface area (Å²) in [5.41, 5.74) is 1.11. The van der Waals surface area contributed by atoms with Crippen LogP contribution in [0.5, 0.6) is 5.75 Å². The zero-order chi connectivity index (χ0) is 14.4. The van der Waals surface area contributed by atoms with Crippen LogP contribution in [0.15, 0.2) is 24.3 Å². The van der Waals surface area contributed by atoms with Gasteiger partial charge >= 0.3 is 5.97 Å². The molecule has 0 aromatic heterocycles. The van der Waals surface area contributed by atoms with Gasteiger partial charge in [0.25, 0.3) is 0 Å². The minimum atomic E-state index is -0.562. The molecule has 0 aliphatic heterocycles. The number of ether oxygens (including phenoxy) is 2. The summed E-state index contributed by atoms with van der Waals surface area (Å²) < 4.78 is 9.82. The van der Waals surface area contributed by atoms with Crippen LogP contribution in [0.3, 0.4) is 0 Å². The molecule has 1 aromatic carbocycles. The van der Waals surface area contributed by atoms with Crippen LogP contribution in [0.25, 0.3) is 0 Å². The molecule has 0 bridgehead atoms. The van der Waals surface area contributed by atoms with Crippen molar-refractivity contribution in [3.63, 3.8) is 0 Å². The molecule has 0 fully saturated rings. The summed E-state index contributed by atoms with van der Waals surface area (Å²) in [7, 11) is 1.47. The van der Waals surface area contributed by atoms with E-state index in [0.29, 0.717) is 16.3 Å². The Kier molecular flexibility index (Phi) is 5.57. The van der Waals surface area contributed by atoms with Gasteiger partial charge < -0.3 is 9.47 Å². The molecular weight excluding hydrogens is 268 g/mol. The van der Waals surface area contributed by atoms with E-state index in [0.717, 1.165) is 17.7 Å². The number of allylic oxidation sites excluding steroid dienone is 1. The van der Waals surface area contributed by atoms with E-state index in [9.17, 15) is 9.59 Å². The van der Waals surface area contributed by atoms with Crippen molar-refractivity contribution in [2.45, 2.75) is 13.8 Å². The Morgan fingerprint density at radius 1 is 1.32 bits per heavy atom. The Hall–Kier alpha value is -1.81. The molecule has 1 aromatic rings. The van der Waals surface area contributed by atoms with Crippen LogP contribution in [0.1, 0.15) is 22.8 Å². The number of carbonyl (C=O) groups is 2. The second-order valence-electron chi connectivity index (χ2n) is 3.75. The number of methoxy groups -OCH3 is 1. The lowest BCUT2D eigenvalue weighted by molar-refractivity contribution is -0.137. The number of hydrogen-bond donors (Lipinski definition) is 0. The first kappa shape index (κ1) is 15.2. The van der Waals surface area contributed by atoms with E-state index < -0.39 is 5.97 Å². The van der Waals surface area contributed by atoms with Crippen molar-refractivity contribution in [2.75, 3.05) is 13.7 Å². The Morgan fingerprint density at radius 3 is 2.58 bits per heavy atom. The SMILES string of the molecule is CCOC(=O)/C=C/C(=O)c1cc(Cl)c(C)cc1OC. The maximum atomic E-state index is 12.0. The van der Waals surface area contributed by atoms with Crippen molar-refractivity contribution in [1.29, 1.82) is 0 Å². The third kappa shape index (κ3) is 4.10. The molecule has 0 aliphatic rings. The summed E-state index contributed by atoms with van der Waals surface area (Å²) in [6.07, 6.45) is 2.22. The van der Waals surface area contributed by atoms with E-state index in [2.05, 4.69) is 0 Å². The minimum Gasteiger partial charge on any atom is -0.496 e. The van der Waals surface area contributed by atoms with Crippen LogP contribution in [0, 0.1) is 6.92 Å². The smallest absolute Gasteiger partial charge is 0.330 e. The van der Waals surface area contributed by atoms with Gasteiger partial charge in [-0.2, -0.15) is 0 Å². The summed E-state index contributed by atoms with van der Waals surface area (Å²) in [5.74, 6) is -0.514. The van der Waals surface area contributed by atoms with Gasteiger partial charge in [-0.25, -0.2) is 4.79 Å². The van der Waals surface area contributed by atoms with E-state index in [-0.39, 0.29) is 12.4 Å². The average molecular weight is 283 g/mol. The molecule has 0 saturated heterocycles. The molecule has 0 spiro atoms. The lowest BCUT2D eigenvalue weighted by Gasteiger charge is -2.08. The van der Waals surface area contributed by atoms with Gasteiger partial charge in [-0.1, -0.05) is 11.6 Å². The van der Waals surface area contributed by atoms with Crippen molar-refractivity contribution >= 4 is 23.4 Å². The third-order valence-corrected chi connectivity index (χ3v) is 2.81. The lowest BCUT2D eigenvalue weighted by atomic mass is 10.1. The fraction of sp³-hybridized carbons (Fsp3) is 0.286. The first-order valence-corrected chi connectivity index (χ1v) is 6.10. The molecule has 0 aliphatic carbocycles. The number of rotatable bonds is 5. The maximum Gasteiger partial charge on any atom is 0.330 e. The predicted octanol–water partition coefficient (Wildman–Crippen LogP) is 2.96. The molecule has 1 rings (SSSR count). The number of hydrogen-bond acceptors (Lipinski definition) is 4. The van der Waals surface area contributed by atoms with Crippen LogP contribution in [0.2, 0.25) is 5.02 Å². The van der Waals surface area contributed by atoms with E-state index in [1.165, 1.54) is 13.2 Å². The molecule has 4 nitrogen and oxygen atoms in total. The quantitative estimate of drug-likeness (QED) is 0.473. The summed E-state index contributed by atoms with van der Waals surface area (Å²) in [6.45, 7) is 3.76. The van der Waals surface area contributed by atoms with E-state index in [1.54, 1.807) is 13.0 Å². The van der Waals surface area contributed by atoms with Crippen LogP contribution < -0.4 is 4.74 Å². The molecule has 5 heteroatoms. The van der Waals surface area contributed by atoms with E-state index >= 15 is 0 Å². The maximum absolute atomic E-state index is 12.0. The van der Waals surface area contributed by atoms with Gasteiger partial charge in [0.05, 0.1) is 19.3 Å². The topological polar surface area (TPSA) is 52.6 Å². The molecule has 0 N–H and O–H groups in total. The van der Waals surface area contributed by atoms with Gasteiger partial charge in [0, 0.05) is 11.1 Å². The van der Waals surface area contributed by atoms with Gasteiger partial charge in [-0.15, -0.1) is 0 Å². The third-order valence-electron chi connectivity index (χ3n) is 2.40. The van der Waals surface area contributed by atoms with Crippen molar-refractivity contribution in [3.05, 3.63) is 40.4 Å². The molecular formula is C14H15ClO4.